The molecule has 0 atom stereocenters. The fraction of sp³-hybridized carbons (Fsp3) is 0.111. The average molecular weight is 386 g/mol. The fourth-order valence-corrected chi connectivity index (χ4v) is 4.66. The van der Waals surface area contributed by atoms with Crippen LogP contribution in [0.4, 0.5) is 5.13 Å². The number of benzene rings is 2. The molecule has 0 fully saturated rings. The molecule has 1 aliphatic carbocycles. The number of aromatic nitrogens is 1. The van der Waals surface area contributed by atoms with E-state index in [4.69, 9.17) is 9.79 Å². The van der Waals surface area contributed by atoms with Gasteiger partial charge in [-0.1, -0.05) is 36.4 Å². The van der Waals surface area contributed by atoms with E-state index in [2.05, 4.69) is 16.4 Å². The van der Waals surface area contributed by atoms with E-state index < -0.39 is 7.60 Å². The molecule has 26 heavy (non-hydrogen) atoms. The van der Waals surface area contributed by atoms with Crippen molar-refractivity contribution in [1.29, 1.82) is 0 Å². The van der Waals surface area contributed by atoms with E-state index in [0.29, 0.717) is 16.3 Å². The molecule has 1 amide bonds. The van der Waals surface area contributed by atoms with Gasteiger partial charge in [0, 0.05) is 22.4 Å². The largest absolute Gasteiger partial charge is 0.329 e. The molecule has 132 valence electrons. The maximum Gasteiger partial charge on any atom is 0.329 e. The molecule has 8 heteroatoms. The number of nitrogens with one attached hydrogen (secondary N) is 1. The second kappa shape index (κ2) is 6.45. The smallest absolute Gasteiger partial charge is 0.324 e. The van der Waals surface area contributed by atoms with Crippen molar-refractivity contribution in [2.75, 3.05) is 5.32 Å². The standard InChI is InChI=1S/C18H15N2O4PS/c21-17(12-7-5-11(6-8-12)10-25(22,23)24)20-18-19-16-14-4-2-1-3-13(14)9-15(16)26-18/h1-8H,9-10H2,(H,19,20,21)(H2,22,23,24). The number of nitrogens with zero attached hydrogens (tertiary/aromatic N) is 1. The van der Waals surface area contributed by atoms with Gasteiger partial charge in [-0.05, 0) is 23.3 Å². The van der Waals surface area contributed by atoms with E-state index in [9.17, 15) is 9.36 Å². The van der Waals surface area contributed by atoms with Crippen LogP contribution in [-0.2, 0) is 17.1 Å². The Kier molecular flexibility index (Phi) is 4.25. The monoisotopic (exact) mass is 386 g/mol. The number of thiazole rings is 1. The van der Waals surface area contributed by atoms with Gasteiger partial charge in [0.15, 0.2) is 5.13 Å². The Hall–Kier alpha value is -2.31. The van der Waals surface area contributed by atoms with Crippen LogP contribution in [-0.4, -0.2) is 20.7 Å². The summed E-state index contributed by atoms with van der Waals surface area (Å²) in [5.41, 5.74) is 4.19. The molecule has 0 radical (unpaired) electrons. The molecule has 6 nitrogen and oxygen atoms in total. The van der Waals surface area contributed by atoms with Crippen LogP contribution in [0.25, 0.3) is 11.3 Å². The van der Waals surface area contributed by atoms with Crippen LogP contribution in [0.15, 0.2) is 48.5 Å². The zero-order valence-electron chi connectivity index (χ0n) is 13.5. The zero-order valence-corrected chi connectivity index (χ0v) is 15.3. The number of hydrogen-bond acceptors (Lipinski definition) is 4. The first-order chi connectivity index (χ1) is 12.4. The van der Waals surface area contributed by atoms with Crippen LogP contribution >= 0.6 is 18.9 Å². The second-order valence-corrected chi connectivity index (χ2v) is 8.83. The maximum atomic E-state index is 12.4. The lowest BCUT2D eigenvalue weighted by molar-refractivity contribution is 0.102. The molecule has 1 heterocycles. The molecular weight excluding hydrogens is 371 g/mol. The Morgan fingerprint density at radius 3 is 2.62 bits per heavy atom. The second-order valence-electron chi connectivity index (χ2n) is 6.10. The molecule has 0 saturated carbocycles. The summed E-state index contributed by atoms with van der Waals surface area (Å²) in [7, 11) is -4.12. The molecular formula is C18H15N2O4PS. The normalized spacial score (nSPS) is 12.5. The predicted molar refractivity (Wildman–Crippen MR) is 100 cm³/mol. The summed E-state index contributed by atoms with van der Waals surface area (Å²) in [5, 5.41) is 3.35. The zero-order chi connectivity index (χ0) is 18.3. The van der Waals surface area contributed by atoms with Gasteiger partial charge in [-0.2, -0.15) is 0 Å². The van der Waals surface area contributed by atoms with E-state index in [-0.39, 0.29) is 12.1 Å². The average Bonchev–Trinajstić information content (AvgIpc) is 3.11. The van der Waals surface area contributed by atoms with Crippen LogP contribution in [0, 0.1) is 0 Å². The summed E-state index contributed by atoms with van der Waals surface area (Å²) in [6.45, 7) is 0. The summed E-state index contributed by atoms with van der Waals surface area (Å²) in [6, 6.07) is 14.3. The van der Waals surface area contributed by atoms with E-state index in [1.54, 1.807) is 24.3 Å². The number of rotatable bonds is 4. The van der Waals surface area contributed by atoms with Gasteiger partial charge in [0.25, 0.3) is 5.91 Å². The van der Waals surface area contributed by atoms with Gasteiger partial charge in [0.2, 0.25) is 0 Å². The highest BCUT2D eigenvalue weighted by Crippen LogP contribution is 2.41. The van der Waals surface area contributed by atoms with Gasteiger partial charge >= 0.3 is 7.60 Å². The van der Waals surface area contributed by atoms with E-state index >= 15 is 0 Å². The van der Waals surface area contributed by atoms with Gasteiger partial charge < -0.3 is 9.79 Å². The molecule has 1 aromatic heterocycles. The quantitative estimate of drug-likeness (QED) is 0.465. The summed E-state index contributed by atoms with van der Waals surface area (Å²) < 4.78 is 11.0. The van der Waals surface area contributed by atoms with Crippen molar-refractivity contribution in [3.05, 3.63) is 70.1 Å². The SMILES string of the molecule is O=C(Nc1nc2c(s1)Cc1ccccc1-2)c1ccc(CP(=O)(O)O)cc1. The first-order valence-corrected chi connectivity index (χ1v) is 10.5. The van der Waals surface area contributed by atoms with Crippen molar-refractivity contribution in [3.8, 4) is 11.3 Å². The number of carbonyl (C=O) groups is 1. The molecule has 0 unspecified atom stereocenters. The van der Waals surface area contributed by atoms with Crippen LogP contribution in [0.1, 0.15) is 26.4 Å². The topological polar surface area (TPSA) is 99.5 Å². The van der Waals surface area contributed by atoms with Gasteiger partial charge in [-0.15, -0.1) is 11.3 Å². The molecule has 0 aliphatic heterocycles. The lowest BCUT2D eigenvalue weighted by Crippen LogP contribution is -2.11. The van der Waals surface area contributed by atoms with E-state index in [1.165, 1.54) is 16.9 Å². The molecule has 3 N–H and O–H groups in total. The minimum absolute atomic E-state index is 0.298. The minimum atomic E-state index is -4.12. The first kappa shape index (κ1) is 17.1. The summed E-state index contributed by atoms with van der Waals surface area (Å²) in [4.78, 5) is 36.1. The van der Waals surface area contributed by atoms with Crippen molar-refractivity contribution in [2.24, 2.45) is 0 Å². The number of carbonyl (C=O) groups excluding carboxylic acids is 1. The van der Waals surface area contributed by atoms with E-state index in [1.807, 2.05) is 18.2 Å². The third-order valence-electron chi connectivity index (χ3n) is 4.15. The number of anilines is 1. The molecule has 3 aromatic rings. The third kappa shape index (κ3) is 3.48. The summed E-state index contributed by atoms with van der Waals surface area (Å²) in [6.07, 6.45) is 0.490. The highest BCUT2D eigenvalue weighted by atomic mass is 32.1. The lowest BCUT2D eigenvalue weighted by atomic mass is 10.1. The van der Waals surface area contributed by atoms with Crippen molar-refractivity contribution >= 4 is 30.0 Å². The van der Waals surface area contributed by atoms with Crippen LogP contribution in [0.5, 0.6) is 0 Å². The summed E-state index contributed by atoms with van der Waals surface area (Å²) >= 11 is 1.47. The Morgan fingerprint density at radius 2 is 1.88 bits per heavy atom. The maximum absolute atomic E-state index is 12.4. The number of fused-ring (bicyclic) bond motifs is 3. The van der Waals surface area contributed by atoms with Gasteiger partial charge in [0.1, 0.15) is 0 Å². The molecule has 0 bridgehead atoms. The first-order valence-electron chi connectivity index (χ1n) is 7.92. The molecule has 0 spiro atoms. The van der Waals surface area contributed by atoms with Gasteiger partial charge in [-0.3, -0.25) is 14.7 Å². The highest BCUT2D eigenvalue weighted by molar-refractivity contribution is 7.50. The van der Waals surface area contributed by atoms with Gasteiger partial charge in [-0.25, -0.2) is 4.98 Å². The lowest BCUT2D eigenvalue weighted by Gasteiger charge is -2.06. The number of amides is 1. The van der Waals surface area contributed by atoms with Crippen LogP contribution in [0.3, 0.4) is 0 Å². The highest BCUT2D eigenvalue weighted by Gasteiger charge is 2.23. The number of hydrogen-bond donors (Lipinski definition) is 3. The van der Waals surface area contributed by atoms with Crippen molar-refractivity contribution in [3.63, 3.8) is 0 Å². The molecule has 1 aliphatic rings. The fourth-order valence-electron chi connectivity index (χ4n) is 2.98. The van der Waals surface area contributed by atoms with E-state index in [0.717, 1.165) is 22.6 Å². The Balaban J connectivity index is 1.49. The van der Waals surface area contributed by atoms with Crippen LogP contribution < -0.4 is 5.32 Å². The van der Waals surface area contributed by atoms with Crippen molar-refractivity contribution in [2.45, 2.75) is 12.6 Å². The molecule has 4 rings (SSSR count). The third-order valence-corrected chi connectivity index (χ3v) is 5.89. The summed E-state index contributed by atoms with van der Waals surface area (Å²) in [5.74, 6) is -0.298. The molecule has 2 aromatic carbocycles. The van der Waals surface area contributed by atoms with Crippen LogP contribution in [0.2, 0.25) is 0 Å². The minimum Gasteiger partial charge on any atom is -0.324 e. The molecule has 0 saturated heterocycles. The van der Waals surface area contributed by atoms with Crippen molar-refractivity contribution in [1.82, 2.24) is 4.98 Å². The Bertz CT molecular complexity index is 1040. The van der Waals surface area contributed by atoms with Gasteiger partial charge in [0.05, 0.1) is 11.9 Å². The van der Waals surface area contributed by atoms with Crippen molar-refractivity contribution < 1.29 is 19.1 Å². The Morgan fingerprint density at radius 1 is 1.15 bits per heavy atom. The predicted octanol–water partition coefficient (Wildman–Crippen LogP) is 3.64. The Labute approximate surface area is 153 Å².